The number of nitrogens with zero attached hydrogens (tertiary/aromatic N) is 3. The number of rotatable bonds is 1. The van der Waals surface area contributed by atoms with Crippen molar-refractivity contribution in [3.63, 3.8) is 0 Å². The van der Waals surface area contributed by atoms with Crippen LogP contribution < -0.4 is 0 Å². The predicted octanol–water partition coefficient (Wildman–Crippen LogP) is 1.26. The van der Waals surface area contributed by atoms with Crippen LogP contribution in [0.25, 0.3) is 5.71 Å². The van der Waals surface area contributed by atoms with Crippen LogP contribution in [0.4, 0.5) is 5.82 Å². The Labute approximate surface area is 56.8 Å². The number of aromatic nitrogens is 2. The summed E-state index contributed by atoms with van der Waals surface area (Å²) in [6, 6.07) is 0. The number of hydrogen-bond acceptors (Lipinski definition) is 3. The number of oxazole rings is 1. The molecule has 50 valence electrons. The van der Waals surface area contributed by atoms with E-state index in [0.717, 1.165) is 0 Å². The average Bonchev–Trinajstić information content (AvgIpc) is 2.44. The summed E-state index contributed by atoms with van der Waals surface area (Å²) in [5.74, 6) is 0.674. The van der Waals surface area contributed by atoms with Crippen LogP contribution in [0, 0.1) is 0 Å². The summed E-state index contributed by atoms with van der Waals surface area (Å²) in [5.41, 5.74) is 0.683. The second-order valence-corrected chi connectivity index (χ2v) is 1.85. The number of hydrogen-bond donors (Lipinski definition) is 0. The van der Waals surface area contributed by atoms with E-state index in [4.69, 9.17) is 4.42 Å². The summed E-state index contributed by atoms with van der Waals surface area (Å²) >= 11 is 0. The van der Waals surface area contributed by atoms with Crippen molar-refractivity contribution in [1.82, 2.24) is 9.38 Å². The monoisotopic (exact) mass is 135 g/mol. The van der Waals surface area contributed by atoms with Gasteiger partial charge in [-0.1, -0.05) is 0 Å². The van der Waals surface area contributed by atoms with Crippen molar-refractivity contribution in [2.45, 2.75) is 0 Å². The lowest BCUT2D eigenvalue weighted by Crippen LogP contribution is -1.71. The zero-order chi connectivity index (χ0) is 6.97. The van der Waals surface area contributed by atoms with Crippen LogP contribution in [0.2, 0.25) is 0 Å². The maximum Gasteiger partial charge on any atom is 0.224 e. The van der Waals surface area contributed by atoms with Gasteiger partial charge in [0.1, 0.15) is 12.6 Å². The lowest BCUT2D eigenvalue weighted by atomic mass is 10.8. The highest BCUT2D eigenvalue weighted by molar-refractivity contribution is 5.46. The molecule has 0 saturated heterocycles. The largest absolute Gasteiger partial charge is 0.442 e. The van der Waals surface area contributed by atoms with Gasteiger partial charge in [-0.2, -0.15) is 0 Å². The third-order valence-electron chi connectivity index (χ3n) is 1.30. The summed E-state index contributed by atoms with van der Waals surface area (Å²) in [5, 5.41) is 0. The van der Waals surface area contributed by atoms with Crippen molar-refractivity contribution in [3.05, 3.63) is 18.8 Å². The summed E-state index contributed by atoms with van der Waals surface area (Å²) in [4.78, 5) is 7.56. The maximum atomic E-state index is 5.05. The molecule has 0 aliphatic carbocycles. The molecule has 0 bridgehead atoms. The van der Waals surface area contributed by atoms with Gasteiger partial charge in [-0.3, -0.25) is 4.40 Å². The van der Waals surface area contributed by atoms with Gasteiger partial charge in [-0.25, -0.2) is 9.98 Å². The van der Waals surface area contributed by atoms with Gasteiger partial charge in [0.25, 0.3) is 0 Å². The summed E-state index contributed by atoms with van der Waals surface area (Å²) in [7, 11) is 0. The van der Waals surface area contributed by atoms with Crippen LogP contribution >= 0.6 is 0 Å². The number of aliphatic imine (C=N–C) groups is 1. The molecule has 4 nitrogen and oxygen atoms in total. The standard InChI is InChI=1S/C6H5N3O/c1-7-5-3-10-6-2-8-4-9(5)6/h2-4H,1H2. The molecule has 0 unspecified atom stereocenters. The Morgan fingerprint density at radius 1 is 1.70 bits per heavy atom. The molecule has 0 aliphatic heterocycles. The molecule has 0 saturated carbocycles. The Hall–Kier alpha value is -1.58. The average molecular weight is 135 g/mol. The third-order valence-corrected chi connectivity index (χ3v) is 1.30. The molecule has 2 aromatic heterocycles. The predicted molar refractivity (Wildman–Crippen MR) is 36.7 cm³/mol. The molecule has 0 N–H and O–H groups in total. The Kier molecular flexibility index (Phi) is 0.887. The smallest absolute Gasteiger partial charge is 0.224 e. The minimum absolute atomic E-state index is 0.674. The number of imidazole rings is 1. The van der Waals surface area contributed by atoms with E-state index in [-0.39, 0.29) is 0 Å². The molecule has 0 radical (unpaired) electrons. The van der Waals surface area contributed by atoms with Gasteiger partial charge in [0, 0.05) is 0 Å². The van der Waals surface area contributed by atoms with Crippen molar-refractivity contribution < 1.29 is 4.42 Å². The van der Waals surface area contributed by atoms with E-state index in [9.17, 15) is 0 Å². The number of fused-ring (bicyclic) bond motifs is 1. The highest BCUT2D eigenvalue weighted by Gasteiger charge is 2.00. The summed E-state index contributed by atoms with van der Waals surface area (Å²) < 4.78 is 6.76. The maximum absolute atomic E-state index is 5.05. The minimum atomic E-state index is 0.674. The highest BCUT2D eigenvalue weighted by Crippen LogP contribution is 2.15. The Balaban J connectivity index is 2.88. The second kappa shape index (κ2) is 1.70. The van der Waals surface area contributed by atoms with Gasteiger partial charge in [0.05, 0.1) is 6.20 Å². The fourth-order valence-corrected chi connectivity index (χ4v) is 0.825. The SMILES string of the molecule is C=Nc1coc2cncn12. The molecule has 0 atom stereocenters. The molecule has 0 amide bonds. The molecule has 2 aromatic rings. The van der Waals surface area contributed by atoms with Crippen LogP contribution in [0.3, 0.4) is 0 Å². The van der Waals surface area contributed by atoms with Gasteiger partial charge in [-0.15, -0.1) is 0 Å². The first-order chi connectivity index (χ1) is 4.92. The Morgan fingerprint density at radius 3 is 3.40 bits per heavy atom. The third kappa shape index (κ3) is 0.500. The molecule has 4 heteroatoms. The fourth-order valence-electron chi connectivity index (χ4n) is 0.825. The molecule has 0 spiro atoms. The van der Waals surface area contributed by atoms with E-state index in [1.54, 1.807) is 16.9 Å². The van der Waals surface area contributed by atoms with Crippen molar-refractivity contribution >= 4 is 18.2 Å². The first-order valence-corrected chi connectivity index (χ1v) is 2.78. The fraction of sp³-hybridized carbons (Fsp3) is 0. The Morgan fingerprint density at radius 2 is 2.60 bits per heavy atom. The van der Waals surface area contributed by atoms with Crippen molar-refractivity contribution in [2.75, 3.05) is 0 Å². The zero-order valence-corrected chi connectivity index (χ0v) is 5.19. The van der Waals surface area contributed by atoms with Gasteiger partial charge in [-0.05, 0) is 6.72 Å². The highest BCUT2D eigenvalue weighted by atomic mass is 16.3. The van der Waals surface area contributed by atoms with Crippen molar-refractivity contribution in [3.8, 4) is 0 Å². The first kappa shape index (κ1) is 5.22. The molecular weight excluding hydrogens is 130 g/mol. The molecule has 0 aromatic carbocycles. The Bertz CT molecular complexity index is 360. The van der Waals surface area contributed by atoms with Crippen LogP contribution in [-0.4, -0.2) is 16.1 Å². The molecule has 0 fully saturated rings. The molecule has 10 heavy (non-hydrogen) atoms. The van der Waals surface area contributed by atoms with E-state index < -0.39 is 0 Å². The lowest BCUT2D eigenvalue weighted by molar-refractivity contribution is 0.608. The van der Waals surface area contributed by atoms with E-state index in [1.165, 1.54) is 6.26 Å². The quantitative estimate of drug-likeness (QED) is 0.552. The zero-order valence-electron chi connectivity index (χ0n) is 5.19. The second-order valence-electron chi connectivity index (χ2n) is 1.85. The van der Waals surface area contributed by atoms with E-state index in [2.05, 4.69) is 16.7 Å². The van der Waals surface area contributed by atoms with Crippen molar-refractivity contribution in [2.24, 2.45) is 4.99 Å². The van der Waals surface area contributed by atoms with E-state index in [1.807, 2.05) is 0 Å². The molecule has 2 rings (SSSR count). The van der Waals surface area contributed by atoms with Crippen LogP contribution in [0.5, 0.6) is 0 Å². The topological polar surface area (TPSA) is 42.8 Å². The van der Waals surface area contributed by atoms with Crippen LogP contribution in [0.15, 0.2) is 28.2 Å². The van der Waals surface area contributed by atoms with Crippen molar-refractivity contribution in [1.29, 1.82) is 0 Å². The molecule has 0 aliphatic rings. The van der Waals surface area contributed by atoms with Gasteiger partial charge < -0.3 is 4.42 Å². The van der Waals surface area contributed by atoms with Gasteiger partial charge in [0.15, 0.2) is 5.82 Å². The van der Waals surface area contributed by atoms with Gasteiger partial charge in [0.2, 0.25) is 5.71 Å². The first-order valence-electron chi connectivity index (χ1n) is 2.78. The minimum Gasteiger partial charge on any atom is -0.442 e. The lowest BCUT2D eigenvalue weighted by Gasteiger charge is -1.81. The van der Waals surface area contributed by atoms with E-state index in [0.29, 0.717) is 11.5 Å². The van der Waals surface area contributed by atoms with Crippen LogP contribution in [-0.2, 0) is 0 Å². The summed E-state index contributed by atoms with van der Waals surface area (Å²) in [6.07, 6.45) is 4.78. The normalized spacial score (nSPS) is 10.4. The molecule has 2 heterocycles. The summed E-state index contributed by atoms with van der Waals surface area (Å²) in [6.45, 7) is 3.37. The molecular formula is C6H5N3O. The van der Waals surface area contributed by atoms with Gasteiger partial charge >= 0.3 is 0 Å². The van der Waals surface area contributed by atoms with Crippen LogP contribution in [0.1, 0.15) is 0 Å². The van der Waals surface area contributed by atoms with E-state index >= 15 is 0 Å².